The van der Waals surface area contributed by atoms with E-state index in [2.05, 4.69) is 22.6 Å². The van der Waals surface area contributed by atoms with Crippen LogP contribution in [0, 0.1) is 0 Å². The van der Waals surface area contributed by atoms with Gasteiger partial charge in [-0.05, 0) is 43.6 Å². The Morgan fingerprint density at radius 2 is 2.16 bits per heavy atom. The SMILES string of the molecule is CCCN(CCCC(=O)OC)Cc1cccc(N)c1. The van der Waals surface area contributed by atoms with Crippen molar-refractivity contribution in [3.8, 4) is 0 Å². The molecule has 0 fully saturated rings. The van der Waals surface area contributed by atoms with E-state index in [1.807, 2.05) is 18.2 Å². The number of nitrogens with two attached hydrogens (primary N) is 1. The molecule has 0 spiro atoms. The number of ether oxygens (including phenoxy) is 1. The first-order valence-corrected chi connectivity index (χ1v) is 6.79. The van der Waals surface area contributed by atoms with Crippen LogP contribution in [0.3, 0.4) is 0 Å². The predicted molar refractivity (Wildman–Crippen MR) is 77.7 cm³/mol. The summed E-state index contributed by atoms with van der Waals surface area (Å²) in [5, 5.41) is 0. The van der Waals surface area contributed by atoms with E-state index in [0.717, 1.165) is 38.2 Å². The molecule has 0 saturated carbocycles. The first-order chi connectivity index (χ1) is 9.15. The van der Waals surface area contributed by atoms with Gasteiger partial charge in [-0.2, -0.15) is 0 Å². The minimum absolute atomic E-state index is 0.139. The standard InChI is InChI=1S/C15H24N2O2/c1-3-9-17(10-5-8-15(18)19-2)12-13-6-4-7-14(16)11-13/h4,6-7,11H,3,5,8-10,12,16H2,1-2H3. The van der Waals surface area contributed by atoms with E-state index >= 15 is 0 Å². The number of carbonyl (C=O) groups is 1. The molecule has 19 heavy (non-hydrogen) atoms. The Kier molecular flexibility index (Phi) is 6.97. The summed E-state index contributed by atoms with van der Waals surface area (Å²) >= 11 is 0. The van der Waals surface area contributed by atoms with Crippen LogP contribution >= 0.6 is 0 Å². The molecule has 0 unspecified atom stereocenters. The molecular weight excluding hydrogens is 240 g/mol. The topological polar surface area (TPSA) is 55.6 Å². The first kappa shape index (κ1) is 15.5. The van der Waals surface area contributed by atoms with Crippen molar-refractivity contribution >= 4 is 11.7 Å². The van der Waals surface area contributed by atoms with E-state index in [1.165, 1.54) is 12.7 Å². The molecule has 1 rings (SSSR count). The molecule has 4 heteroatoms. The van der Waals surface area contributed by atoms with Crippen LogP contribution in [0.2, 0.25) is 0 Å². The van der Waals surface area contributed by atoms with Crippen molar-refractivity contribution < 1.29 is 9.53 Å². The number of rotatable bonds is 8. The Bertz CT molecular complexity index is 393. The Morgan fingerprint density at radius 3 is 2.79 bits per heavy atom. The molecule has 0 bridgehead atoms. The van der Waals surface area contributed by atoms with Gasteiger partial charge in [-0.3, -0.25) is 9.69 Å². The van der Waals surface area contributed by atoms with Crippen LogP contribution in [0.1, 0.15) is 31.7 Å². The second kappa shape index (κ2) is 8.53. The zero-order valence-corrected chi connectivity index (χ0v) is 11.9. The van der Waals surface area contributed by atoms with E-state index in [1.54, 1.807) is 0 Å². The van der Waals surface area contributed by atoms with Gasteiger partial charge in [0.1, 0.15) is 0 Å². The highest BCUT2D eigenvalue weighted by atomic mass is 16.5. The molecule has 2 N–H and O–H groups in total. The van der Waals surface area contributed by atoms with Gasteiger partial charge in [0, 0.05) is 18.7 Å². The van der Waals surface area contributed by atoms with E-state index in [9.17, 15) is 4.79 Å². The van der Waals surface area contributed by atoms with Crippen LogP contribution in [0.25, 0.3) is 0 Å². The maximum atomic E-state index is 11.1. The van der Waals surface area contributed by atoms with Gasteiger partial charge < -0.3 is 10.5 Å². The summed E-state index contributed by atoms with van der Waals surface area (Å²) in [4.78, 5) is 13.4. The Balaban J connectivity index is 2.45. The van der Waals surface area contributed by atoms with Crippen molar-refractivity contribution in [2.75, 3.05) is 25.9 Å². The maximum absolute atomic E-state index is 11.1. The van der Waals surface area contributed by atoms with Crippen molar-refractivity contribution in [2.45, 2.75) is 32.7 Å². The summed E-state index contributed by atoms with van der Waals surface area (Å²) < 4.78 is 4.65. The quantitative estimate of drug-likeness (QED) is 0.579. The molecule has 0 amide bonds. The highest BCUT2D eigenvalue weighted by Gasteiger charge is 2.07. The predicted octanol–water partition coefficient (Wildman–Crippen LogP) is 2.43. The molecule has 0 heterocycles. The van der Waals surface area contributed by atoms with Crippen molar-refractivity contribution in [3.63, 3.8) is 0 Å². The van der Waals surface area contributed by atoms with Gasteiger partial charge in [0.25, 0.3) is 0 Å². The third kappa shape index (κ3) is 6.25. The number of esters is 1. The molecule has 0 aliphatic heterocycles. The second-order valence-electron chi connectivity index (χ2n) is 4.70. The number of carbonyl (C=O) groups excluding carboxylic acids is 1. The minimum atomic E-state index is -0.139. The third-order valence-corrected chi connectivity index (χ3v) is 2.98. The highest BCUT2D eigenvalue weighted by Crippen LogP contribution is 2.10. The number of hydrogen-bond donors (Lipinski definition) is 1. The zero-order valence-electron chi connectivity index (χ0n) is 11.9. The van der Waals surface area contributed by atoms with Gasteiger partial charge in [0.2, 0.25) is 0 Å². The molecule has 1 aromatic carbocycles. The lowest BCUT2D eigenvalue weighted by atomic mass is 10.1. The molecule has 1 aromatic rings. The fourth-order valence-electron chi connectivity index (χ4n) is 2.08. The molecule has 106 valence electrons. The van der Waals surface area contributed by atoms with E-state index in [4.69, 9.17) is 5.73 Å². The summed E-state index contributed by atoms with van der Waals surface area (Å²) in [7, 11) is 1.43. The number of benzene rings is 1. The second-order valence-corrected chi connectivity index (χ2v) is 4.70. The Labute approximate surface area is 115 Å². The zero-order chi connectivity index (χ0) is 14.1. The Morgan fingerprint density at radius 1 is 1.37 bits per heavy atom. The summed E-state index contributed by atoms with van der Waals surface area (Å²) in [5.41, 5.74) is 7.80. The van der Waals surface area contributed by atoms with E-state index in [0.29, 0.717) is 6.42 Å². The van der Waals surface area contributed by atoms with Gasteiger partial charge in [-0.15, -0.1) is 0 Å². The van der Waals surface area contributed by atoms with Crippen LogP contribution < -0.4 is 5.73 Å². The summed E-state index contributed by atoms with van der Waals surface area (Å²) in [6.45, 7) is 4.96. The maximum Gasteiger partial charge on any atom is 0.305 e. The molecule has 0 atom stereocenters. The van der Waals surface area contributed by atoms with Crippen molar-refractivity contribution in [2.24, 2.45) is 0 Å². The van der Waals surface area contributed by atoms with Gasteiger partial charge in [0.15, 0.2) is 0 Å². The lowest BCUT2D eigenvalue weighted by Gasteiger charge is -2.21. The molecule has 0 saturated heterocycles. The lowest BCUT2D eigenvalue weighted by Crippen LogP contribution is -2.25. The van der Waals surface area contributed by atoms with Crippen LogP contribution in [0.4, 0.5) is 5.69 Å². The van der Waals surface area contributed by atoms with E-state index < -0.39 is 0 Å². The van der Waals surface area contributed by atoms with Gasteiger partial charge in [-0.25, -0.2) is 0 Å². The molecule has 0 aliphatic rings. The van der Waals surface area contributed by atoms with Gasteiger partial charge in [-0.1, -0.05) is 19.1 Å². The van der Waals surface area contributed by atoms with Gasteiger partial charge >= 0.3 is 5.97 Å². The lowest BCUT2D eigenvalue weighted by molar-refractivity contribution is -0.140. The first-order valence-electron chi connectivity index (χ1n) is 6.79. The summed E-state index contributed by atoms with van der Waals surface area (Å²) in [6, 6.07) is 7.95. The monoisotopic (exact) mass is 264 g/mol. The highest BCUT2D eigenvalue weighted by molar-refractivity contribution is 5.69. The molecular formula is C15H24N2O2. The van der Waals surface area contributed by atoms with Crippen LogP contribution in [-0.4, -0.2) is 31.1 Å². The Hall–Kier alpha value is -1.55. The summed E-state index contributed by atoms with van der Waals surface area (Å²) in [6.07, 6.45) is 2.41. The number of hydrogen-bond acceptors (Lipinski definition) is 4. The van der Waals surface area contributed by atoms with Crippen molar-refractivity contribution in [3.05, 3.63) is 29.8 Å². The summed E-state index contributed by atoms with van der Waals surface area (Å²) in [5.74, 6) is -0.139. The largest absolute Gasteiger partial charge is 0.469 e. The normalized spacial score (nSPS) is 10.7. The third-order valence-electron chi connectivity index (χ3n) is 2.98. The average molecular weight is 264 g/mol. The fraction of sp³-hybridized carbons (Fsp3) is 0.533. The van der Waals surface area contributed by atoms with E-state index in [-0.39, 0.29) is 5.97 Å². The average Bonchev–Trinajstić information content (AvgIpc) is 2.38. The minimum Gasteiger partial charge on any atom is -0.469 e. The van der Waals surface area contributed by atoms with Crippen LogP contribution in [0.15, 0.2) is 24.3 Å². The van der Waals surface area contributed by atoms with Gasteiger partial charge in [0.05, 0.1) is 7.11 Å². The molecule has 4 nitrogen and oxygen atoms in total. The molecule has 0 aliphatic carbocycles. The van der Waals surface area contributed by atoms with Crippen LogP contribution in [0.5, 0.6) is 0 Å². The van der Waals surface area contributed by atoms with Crippen molar-refractivity contribution in [1.29, 1.82) is 0 Å². The van der Waals surface area contributed by atoms with Crippen LogP contribution in [-0.2, 0) is 16.1 Å². The smallest absolute Gasteiger partial charge is 0.305 e. The number of nitrogens with zero attached hydrogens (tertiary/aromatic N) is 1. The fourth-order valence-corrected chi connectivity index (χ4v) is 2.08. The number of anilines is 1. The molecule has 0 aromatic heterocycles. The number of nitrogen functional groups attached to an aromatic ring is 1. The molecule has 0 radical (unpaired) electrons. The number of methoxy groups -OCH3 is 1. The van der Waals surface area contributed by atoms with Crippen molar-refractivity contribution in [1.82, 2.24) is 4.90 Å².